The molecule has 0 amide bonds. The van der Waals surface area contributed by atoms with Crippen LogP contribution in [0.1, 0.15) is 38.0 Å². The zero-order valence-electron chi connectivity index (χ0n) is 13.9. The van der Waals surface area contributed by atoms with Crippen molar-refractivity contribution in [1.29, 1.82) is 0 Å². The van der Waals surface area contributed by atoms with E-state index in [9.17, 15) is 4.79 Å². The highest BCUT2D eigenvalue weighted by Crippen LogP contribution is 2.28. The molecule has 5 nitrogen and oxygen atoms in total. The summed E-state index contributed by atoms with van der Waals surface area (Å²) in [6.45, 7) is 8.00. The van der Waals surface area contributed by atoms with Crippen LogP contribution in [0.15, 0.2) is 24.3 Å². The van der Waals surface area contributed by atoms with E-state index in [0.717, 1.165) is 23.5 Å². The molecule has 0 aliphatic carbocycles. The van der Waals surface area contributed by atoms with E-state index >= 15 is 0 Å². The van der Waals surface area contributed by atoms with E-state index in [-0.39, 0.29) is 18.2 Å². The number of carbonyl (C=O) groups excluding carboxylic acids is 1. The minimum atomic E-state index is -0.354. The quantitative estimate of drug-likeness (QED) is 0.397. The molecule has 2 rings (SSSR count). The third-order valence-electron chi connectivity index (χ3n) is 3.43. The largest absolute Gasteiger partial charge is 0.494 e. The summed E-state index contributed by atoms with van der Waals surface area (Å²) in [5.74, 6) is 0.432. The highest BCUT2D eigenvalue weighted by molar-refractivity contribution is 5.87. The molecule has 0 unspecified atom stereocenters. The van der Waals surface area contributed by atoms with E-state index in [1.807, 2.05) is 32.0 Å². The maximum absolute atomic E-state index is 11.5. The first-order valence-corrected chi connectivity index (χ1v) is 7.98. The second-order valence-electron chi connectivity index (χ2n) is 5.24. The first-order chi connectivity index (χ1) is 11.1. The van der Waals surface area contributed by atoms with Gasteiger partial charge in [-0.3, -0.25) is 0 Å². The molecule has 5 heteroatoms. The van der Waals surface area contributed by atoms with Gasteiger partial charge in [-0.1, -0.05) is 6.07 Å². The molecule has 0 saturated carbocycles. The van der Waals surface area contributed by atoms with Crippen LogP contribution < -0.4 is 4.74 Å². The third-order valence-corrected chi connectivity index (χ3v) is 3.43. The molecule has 1 aliphatic heterocycles. The van der Waals surface area contributed by atoms with Crippen LogP contribution in [0, 0.1) is 0 Å². The summed E-state index contributed by atoms with van der Waals surface area (Å²) in [5, 5.41) is 0. The normalized spacial score (nSPS) is 18.0. The van der Waals surface area contributed by atoms with Crippen LogP contribution >= 0.6 is 0 Å². The molecule has 1 saturated heterocycles. The molecular formula is C18H24O5. The van der Waals surface area contributed by atoms with Crippen LogP contribution in [-0.2, 0) is 19.0 Å². The lowest BCUT2D eigenvalue weighted by atomic mass is 10.0. The summed E-state index contributed by atoms with van der Waals surface area (Å²) < 4.78 is 21.5. The van der Waals surface area contributed by atoms with Gasteiger partial charge in [0.15, 0.2) is 0 Å². The first kappa shape index (κ1) is 17.5. The van der Waals surface area contributed by atoms with Crippen molar-refractivity contribution < 1.29 is 23.7 Å². The Hall–Kier alpha value is -1.85. The van der Waals surface area contributed by atoms with Gasteiger partial charge in [0, 0.05) is 6.08 Å². The molecule has 1 fully saturated rings. The highest BCUT2D eigenvalue weighted by atomic mass is 16.6. The Morgan fingerprint density at radius 1 is 1.39 bits per heavy atom. The average molecular weight is 320 g/mol. The van der Waals surface area contributed by atoms with Crippen LogP contribution in [0.4, 0.5) is 0 Å². The second-order valence-corrected chi connectivity index (χ2v) is 5.24. The second kappa shape index (κ2) is 8.70. The van der Waals surface area contributed by atoms with Crippen molar-refractivity contribution in [3.05, 3.63) is 35.4 Å². The zero-order valence-corrected chi connectivity index (χ0v) is 13.9. The lowest BCUT2D eigenvalue weighted by Gasteiger charge is -2.17. The van der Waals surface area contributed by atoms with Gasteiger partial charge in [0.05, 0.1) is 32.5 Å². The van der Waals surface area contributed by atoms with Gasteiger partial charge in [0.2, 0.25) is 0 Å². The van der Waals surface area contributed by atoms with Gasteiger partial charge in [0.1, 0.15) is 11.9 Å². The molecule has 23 heavy (non-hydrogen) atoms. The Labute approximate surface area is 137 Å². The third kappa shape index (κ3) is 5.69. The van der Waals surface area contributed by atoms with Crippen molar-refractivity contribution >= 4 is 12.0 Å². The van der Waals surface area contributed by atoms with Crippen molar-refractivity contribution in [2.75, 3.05) is 26.4 Å². The summed E-state index contributed by atoms with van der Waals surface area (Å²) in [6, 6.07) is 5.75. The molecule has 0 N–H and O–H groups in total. The summed E-state index contributed by atoms with van der Waals surface area (Å²) in [6.07, 6.45) is 3.27. The van der Waals surface area contributed by atoms with Crippen LogP contribution in [0.5, 0.6) is 5.75 Å². The van der Waals surface area contributed by atoms with Crippen LogP contribution in [0.2, 0.25) is 0 Å². The lowest BCUT2D eigenvalue weighted by Crippen LogP contribution is -2.08. The smallest absolute Gasteiger partial charge is 0.330 e. The molecule has 126 valence electrons. The minimum absolute atomic E-state index is 0.124. The van der Waals surface area contributed by atoms with Gasteiger partial charge in [-0.15, -0.1) is 0 Å². The molecule has 1 aromatic rings. The van der Waals surface area contributed by atoms with E-state index in [1.165, 1.54) is 6.08 Å². The topological polar surface area (TPSA) is 57.3 Å². The number of benzene rings is 1. The van der Waals surface area contributed by atoms with Crippen molar-refractivity contribution in [2.24, 2.45) is 0 Å². The first-order valence-electron chi connectivity index (χ1n) is 7.98. The molecule has 1 heterocycles. The Kier molecular flexibility index (Phi) is 6.62. The van der Waals surface area contributed by atoms with Gasteiger partial charge >= 0.3 is 5.97 Å². The van der Waals surface area contributed by atoms with Crippen molar-refractivity contribution in [1.82, 2.24) is 0 Å². The minimum Gasteiger partial charge on any atom is -0.494 e. The standard InChI is InChI=1S/C18H24O5/c1-4-20-15-8-6-14(7-9-18(19)21-5-2)17(10-15)13(3)22-11-16-12-23-16/h6-10,13,16H,4-5,11-12H2,1-3H3/b9-7+/t13-,16+/m1/s1. The van der Waals surface area contributed by atoms with Crippen LogP contribution in [-0.4, -0.2) is 38.5 Å². The van der Waals surface area contributed by atoms with Crippen LogP contribution in [0.25, 0.3) is 6.08 Å². The predicted molar refractivity (Wildman–Crippen MR) is 87.4 cm³/mol. The fourth-order valence-electron chi connectivity index (χ4n) is 2.17. The number of hydrogen-bond acceptors (Lipinski definition) is 5. The van der Waals surface area contributed by atoms with Crippen molar-refractivity contribution in [2.45, 2.75) is 33.0 Å². The molecule has 0 bridgehead atoms. The van der Waals surface area contributed by atoms with Crippen molar-refractivity contribution in [3.8, 4) is 5.75 Å². The zero-order chi connectivity index (χ0) is 16.7. The van der Waals surface area contributed by atoms with Gasteiger partial charge < -0.3 is 18.9 Å². The Morgan fingerprint density at radius 3 is 2.83 bits per heavy atom. The monoisotopic (exact) mass is 320 g/mol. The molecule has 0 spiro atoms. The maximum Gasteiger partial charge on any atom is 0.330 e. The van der Waals surface area contributed by atoms with E-state index < -0.39 is 0 Å². The molecule has 1 aliphatic rings. The molecule has 1 aromatic carbocycles. The number of esters is 1. The fraction of sp³-hybridized carbons (Fsp3) is 0.500. The summed E-state index contributed by atoms with van der Waals surface area (Å²) in [4.78, 5) is 11.5. The summed E-state index contributed by atoms with van der Waals surface area (Å²) in [5.41, 5.74) is 1.88. The number of epoxide rings is 1. The number of carbonyl (C=O) groups is 1. The van der Waals surface area contributed by atoms with E-state index in [4.69, 9.17) is 18.9 Å². The van der Waals surface area contributed by atoms with E-state index in [2.05, 4.69) is 0 Å². The van der Waals surface area contributed by atoms with Gasteiger partial charge in [-0.05, 0) is 50.1 Å². The van der Waals surface area contributed by atoms with Crippen LogP contribution in [0.3, 0.4) is 0 Å². The molecule has 0 aromatic heterocycles. The van der Waals surface area contributed by atoms with E-state index in [0.29, 0.717) is 19.8 Å². The Balaban J connectivity index is 2.15. The number of ether oxygens (including phenoxy) is 4. The summed E-state index contributed by atoms with van der Waals surface area (Å²) >= 11 is 0. The molecule has 2 atom stereocenters. The Bertz CT molecular complexity index is 548. The van der Waals surface area contributed by atoms with Gasteiger partial charge in [0.25, 0.3) is 0 Å². The lowest BCUT2D eigenvalue weighted by molar-refractivity contribution is -0.137. The summed E-state index contributed by atoms with van der Waals surface area (Å²) in [7, 11) is 0. The number of hydrogen-bond donors (Lipinski definition) is 0. The number of rotatable bonds is 9. The highest BCUT2D eigenvalue weighted by Gasteiger charge is 2.24. The molecule has 0 radical (unpaired) electrons. The fourth-order valence-corrected chi connectivity index (χ4v) is 2.17. The molecular weight excluding hydrogens is 296 g/mol. The maximum atomic E-state index is 11.5. The SMILES string of the molecule is CCOC(=O)/C=C/c1ccc(OCC)cc1[C@@H](C)OC[C@H]1CO1. The predicted octanol–water partition coefficient (Wildman–Crippen LogP) is 3.14. The van der Waals surface area contributed by atoms with Crippen molar-refractivity contribution in [3.63, 3.8) is 0 Å². The average Bonchev–Trinajstić information content (AvgIpc) is 3.36. The Morgan fingerprint density at radius 2 is 2.17 bits per heavy atom. The van der Waals surface area contributed by atoms with Gasteiger partial charge in [-0.2, -0.15) is 0 Å². The van der Waals surface area contributed by atoms with E-state index in [1.54, 1.807) is 13.0 Å². The van der Waals surface area contributed by atoms with Gasteiger partial charge in [-0.25, -0.2) is 4.79 Å².